The van der Waals surface area contributed by atoms with Crippen LogP contribution in [0.3, 0.4) is 0 Å². The van der Waals surface area contributed by atoms with E-state index in [9.17, 15) is 14.7 Å². The second-order valence-electron chi connectivity index (χ2n) is 8.33. The van der Waals surface area contributed by atoms with Crippen LogP contribution in [0.15, 0.2) is 36.9 Å². The van der Waals surface area contributed by atoms with E-state index in [1.54, 1.807) is 23.3 Å². The maximum atomic E-state index is 13.2. The molecule has 0 aliphatic carbocycles. The third kappa shape index (κ3) is 4.17. The normalized spacial score (nSPS) is 24.7. The zero-order chi connectivity index (χ0) is 21.2. The predicted octanol–water partition coefficient (Wildman–Crippen LogP) is 1.99. The van der Waals surface area contributed by atoms with E-state index in [0.29, 0.717) is 13.0 Å². The molecule has 8 heteroatoms. The topological polar surface area (TPSA) is 100 Å². The summed E-state index contributed by atoms with van der Waals surface area (Å²) in [7, 11) is 3.63. The molecule has 0 unspecified atom stereocenters. The molecule has 1 aliphatic rings. The van der Waals surface area contributed by atoms with Gasteiger partial charge < -0.3 is 10.4 Å². The Balaban J connectivity index is 1.91. The monoisotopic (exact) mass is 399 g/mol. The van der Waals surface area contributed by atoms with Gasteiger partial charge in [-0.3, -0.25) is 24.2 Å². The molecule has 0 saturated carbocycles. The number of aryl methyl sites for hydroxylation is 1. The first-order valence-corrected chi connectivity index (χ1v) is 9.86. The lowest BCUT2D eigenvalue weighted by molar-refractivity contribution is -0.151. The zero-order valence-corrected chi connectivity index (χ0v) is 17.4. The van der Waals surface area contributed by atoms with E-state index >= 15 is 0 Å². The van der Waals surface area contributed by atoms with Crippen molar-refractivity contribution in [2.45, 2.75) is 44.8 Å². The van der Waals surface area contributed by atoms with Crippen molar-refractivity contribution in [1.29, 1.82) is 0 Å². The predicted molar refractivity (Wildman–Crippen MR) is 108 cm³/mol. The number of aromatic nitrogens is 3. The average Bonchev–Trinajstić information content (AvgIpc) is 3.22. The van der Waals surface area contributed by atoms with Gasteiger partial charge in [-0.2, -0.15) is 5.10 Å². The number of carbonyl (C=O) groups is 2. The van der Waals surface area contributed by atoms with Gasteiger partial charge in [-0.25, -0.2) is 0 Å². The molecule has 8 nitrogen and oxygen atoms in total. The molecule has 0 aromatic carbocycles. The van der Waals surface area contributed by atoms with Gasteiger partial charge in [-0.05, 0) is 37.4 Å². The number of rotatable bonds is 7. The summed E-state index contributed by atoms with van der Waals surface area (Å²) in [4.78, 5) is 31.6. The molecule has 1 saturated heterocycles. The van der Waals surface area contributed by atoms with Gasteiger partial charge in [0.05, 0.1) is 12.1 Å². The third-order valence-electron chi connectivity index (χ3n) is 5.76. The van der Waals surface area contributed by atoms with Gasteiger partial charge in [-0.15, -0.1) is 0 Å². The van der Waals surface area contributed by atoms with Crippen LogP contribution in [0.2, 0.25) is 0 Å². The summed E-state index contributed by atoms with van der Waals surface area (Å²) >= 11 is 0. The number of carbonyl (C=O) groups excluding carboxylic acids is 1. The minimum absolute atomic E-state index is 0.151. The largest absolute Gasteiger partial charge is 0.480 e. The number of likely N-dealkylation sites (N-methyl/N-ethyl adjacent to an activating group) is 1. The van der Waals surface area contributed by atoms with Crippen LogP contribution in [0.25, 0.3) is 0 Å². The van der Waals surface area contributed by atoms with E-state index in [1.807, 2.05) is 51.2 Å². The maximum absolute atomic E-state index is 13.2. The minimum atomic E-state index is -1.09. The first kappa shape index (κ1) is 21.0. The van der Waals surface area contributed by atoms with Crippen molar-refractivity contribution in [2.75, 3.05) is 7.05 Å². The number of aliphatic carboxylic acids is 1. The van der Waals surface area contributed by atoms with Crippen LogP contribution >= 0.6 is 0 Å². The Morgan fingerprint density at radius 2 is 2.10 bits per heavy atom. The summed E-state index contributed by atoms with van der Waals surface area (Å²) in [5.41, 5.74) is 0.658. The fourth-order valence-corrected chi connectivity index (χ4v) is 4.51. The fraction of sp³-hybridized carbons (Fsp3) is 0.524. The van der Waals surface area contributed by atoms with Crippen molar-refractivity contribution in [1.82, 2.24) is 25.0 Å². The highest BCUT2D eigenvalue weighted by molar-refractivity contribution is 5.85. The lowest BCUT2D eigenvalue weighted by atomic mass is 9.83. The first-order chi connectivity index (χ1) is 13.7. The van der Waals surface area contributed by atoms with Gasteiger partial charge in [0.15, 0.2) is 0 Å². The molecule has 0 spiro atoms. The molecule has 0 bridgehead atoms. The molecule has 0 radical (unpaired) electrons. The van der Waals surface area contributed by atoms with Gasteiger partial charge in [0, 0.05) is 43.8 Å². The van der Waals surface area contributed by atoms with Gasteiger partial charge in [0.25, 0.3) is 0 Å². The minimum Gasteiger partial charge on any atom is -0.480 e. The van der Waals surface area contributed by atoms with E-state index in [0.717, 1.165) is 11.1 Å². The SMILES string of the molecule is CC(C)C[C@]1(C(=O)O)C[C@@H](C(=O)NCc2cnn(C)c2)[C@@H](c2cccnc2)N1C. The number of amides is 1. The number of pyridine rings is 1. The van der Waals surface area contributed by atoms with E-state index in [-0.39, 0.29) is 24.3 Å². The van der Waals surface area contributed by atoms with Crippen LogP contribution in [0, 0.1) is 11.8 Å². The van der Waals surface area contributed by atoms with Crippen molar-refractivity contribution in [3.8, 4) is 0 Å². The number of likely N-dealkylation sites (tertiary alicyclic amines) is 1. The number of carboxylic acid groups (broad SMARTS) is 1. The molecule has 2 N–H and O–H groups in total. The molecule has 1 aliphatic heterocycles. The van der Waals surface area contributed by atoms with E-state index in [4.69, 9.17) is 0 Å². The fourth-order valence-electron chi connectivity index (χ4n) is 4.51. The third-order valence-corrected chi connectivity index (χ3v) is 5.76. The van der Waals surface area contributed by atoms with E-state index < -0.39 is 17.4 Å². The molecule has 3 rings (SSSR count). The quantitative estimate of drug-likeness (QED) is 0.739. The van der Waals surface area contributed by atoms with Crippen molar-refractivity contribution in [3.05, 3.63) is 48.0 Å². The van der Waals surface area contributed by atoms with Crippen molar-refractivity contribution >= 4 is 11.9 Å². The second-order valence-corrected chi connectivity index (χ2v) is 8.33. The Hall–Kier alpha value is -2.74. The molecular formula is C21H29N5O3. The zero-order valence-electron chi connectivity index (χ0n) is 17.4. The van der Waals surface area contributed by atoms with E-state index in [1.165, 1.54) is 0 Å². The molecule has 2 aromatic heterocycles. The van der Waals surface area contributed by atoms with Crippen LogP contribution < -0.4 is 5.32 Å². The number of hydrogen-bond donors (Lipinski definition) is 2. The van der Waals surface area contributed by atoms with Crippen LogP contribution in [0.1, 0.15) is 43.9 Å². The van der Waals surface area contributed by atoms with Crippen molar-refractivity contribution < 1.29 is 14.7 Å². The Kier molecular flexibility index (Phi) is 6.02. The highest BCUT2D eigenvalue weighted by atomic mass is 16.4. The number of carboxylic acids is 1. The number of nitrogens with zero attached hydrogens (tertiary/aromatic N) is 4. The van der Waals surface area contributed by atoms with Gasteiger partial charge in [0.2, 0.25) is 5.91 Å². The second kappa shape index (κ2) is 8.32. The van der Waals surface area contributed by atoms with Crippen LogP contribution in [0.5, 0.6) is 0 Å². The molecule has 1 fully saturated rings. The summed E-state index contributed by atoms with van der Waals surface area (Å²) in [6, 6.07) is 3.37. The maximum Gasteiger partial charge on any atom is 0.324 e. The summed E-state index contributed by atoms with van der Waals surface area (Å²) in [5, 5.41) is 17.2. The number of nitrogens with one attached hydrogen (secondary N) is 1. The van der Waals surface area contributed by atoms with Gasteiger partial charge >= 0.3 is 5.97 Å². The summed E-state index contributed by atoms with van der Waals surface area (Å²) in [6.07, 6.45) is 7.68. The lowest BCUT2D eigenvalue weighted by Gasteiger charge is -2.36. The molecule has 3 heterocycles. The van der Waals surface area contributed by atoms with Gasteiger partial charge in [0.1, 0.15) is 5.54 Å². The molecule has 2 aromatic rings. The Morgan fingerprint density at radius 1 is 1.34 bits per heavy atom. The summed E-state index contributed by atoms with van der Waals surface area (Å²) < 4.78 is 1.68. The molecule has 156 valence electrons. The Morgan fingerprint density at radius 3 is 2.66 bits per heavy atom. The van der Waals surface area contributed by atoms with Crippen LogP contribution in [-0.2, 0) is 23.2 Å². The van der Waals surface area contributed by atoms with E-state index in [2.05, 4.69) is 15.4 Å². The average molecular weight is 399 g/mol. The highest BCUT2D eigenvalue weighted by Crippen LogP contribution is 2.48. The molecular weight excluding hydrogens is 370 g/mol. The molecule has 1 amide bonds. The highest BCUT2D eigenvalue weighted by Gasteiger charge is 2.57. The first-order valence-electron chi connectivity index (χ1n) is 9.86. The smallest absolute Gasteiger partial charge is 0.324 e. The van der Waals surface area contributed by atoms with Crippen molar-refractivity contribution in [2.24, 2.45) is 18.9 Å². The molecule has 29 heavy (non-hydrogen) atoms. The van der Waals surface area contributed by atoms with Gasteiger partial charge in [-0.1, -0.05) is 19.9 Å². The lowest BCUT2D eigenvalue weighted by Crippen LogP contribution is -2.50. The molecule has 3 atom stereocenters. The Bertz CT molecular complexity index is 866. The van der Waals surface area contributed by atoms with Crippen molar-refractivity contribution in [3.63, 3.8) is 0 Å². The number of hydrogen-bond acceptors (Lipinski definition) is 5. The Labute approximate surface area is 170 Å². The van der Waals surface area contributed by atoms with Crippen LogP contribution in [-0.4, -0.2) is 49.2 Å². The van der Waals surface area contributed by atoms with Crippen LogP contribution in [0.4, 0.5) is 0 Å². The standard InChI is InChI=1S/C21H29N5O3/c1-14(2)8-21(20(28)29)9-17(18(26(21)4)16-6-5-7-22-12-16)19(27)23-10-15-11-24-25(3)13-15/h5-7,11-14,17-18H,8-10H2,1-4H3,(H,23,27)(H,28,29)/t17-,18-,21-/m1/s1. The summed E-state index contributed by atoms with van der Waals surface area (Å²) in [6.45, 7) is 4.37. The summed E-state index contributed by atoms with van der Waals surface area (Å²) in [5.74, 6) is -1.34.